The second-order valence-electron chi connectivity index (χ2n) is 4.04. The molecule has 0 aromatic carbocycles. The molecule has 3 N–H and O–H groups in total. The lowest BCUT2D eigenvalue weighted by molar-refractivity contribution is -0.0367. The van der Waals surface area contributed by atoms with Gasteiger partial charge in [0, 0.05) is 19.8 Å². The Hall–Kier alpha value is -0.120. The first kappa shape index (κ1) is 13.9. The first-order valence-electron chi connectivity index (χ1n) is 5.63. The lowest BCUT2D eigenvalue weighted by atomic mass is 9.98. The molecule has 0 aromatic rings. The largest absolute Gasteiger partial charge is 0.396 e. The van der Waals surface area contributed by atoms with Crippen molar-refractivity contribution in [2.45, 2.75) is 51.6 Å². The Labute approximate surface area is 87.6 Å². The second-order valence-corrected chi connectivity index (χ2v) is 4.04. The van der Waals surface area contributed by atoms with Crippen molar-refractivity contribution in [3.05, 3.63) is 0 Å². The summed E-state index contributed by atoms with van der Waals surface area (Å²) in [7, 11) is 0. The summed E-state index contributed by atoms with van der Waals surface area (Å²) in [5.41, 5.74) is 5.49. The third kappa shape index (κ3) is 6.35. The van der Waals surface area contributed by atoms with E-state index in [9.17, 15) is 0 Å². The number of hydrogen-bond acceptors (Lipinski definition) is 3. The van der Waals surface area contributed by atoms with Crippen molar-refractivity contribution in [1.29, 1.82) is 0 Å². The average molecular weight is 203 g/mol. The maximum Gasteiger partial charge on any atom is 0.0776 e. The second kappa shape index (κ2) is 8.21. The van der Waals surface area contributed by atoms with Gasteiger partial charge in [-0.3, -0.25) is 0 Å². The standard InChI is InChI=1S/C11H25NO2/c1-3-4-5-7-11(2,10-12)14-9-6-8-13/h13H,3-10,12H2,1-2H3. The van der Waals surface area contributed by atoms with Gasteiger partial charge in [-0.15, -0.1) is 0 Å². The lowest BCUT2D eigenvalue weighted by Gasteiger charge is -2.28. The average Bonchev–Trinajstić information content (AvgIpc) is 2.19. The molecule has 3 heteroatoms. The number of ether oxygens (including phenoxy) is 1. The molecule has 0 spiro atoms. The van der Waals surface area contributed by atoms with Crippen LogP contribution in [0.3, 0.4) is 0 Å². The normalized spacial score (nSPS) is 15.4. The highest BCUT2D eigenvalue weighted by atomic mass is 16.5. The predicted molar refractivity (Wildman–Crippen MR) is 59.3 cm³/mol. The van der Waals surface area contributed by atoms with E-state index in [4.69, 9.17) is 15.6 Å². The van der Waals surface area contributed by atoms with Gasteiger partial charge < -0.3 is 15.6 Å². The van der Waals surface area contributed by atoms with E-state index in [2.05, 4.69) is 13.8 Å². The molecule has 0 aliphatic heterocycles. The first-order valence-corrected chi connectivity index (χ1v) is 5.63. The molecule has 1 unspecified atom stereocenters. The fourth-order valence-corrected chi connectivity index (χ4v) is 1.37. The molecule has 0 fully saturated rings. The van der Waals surface area contributed by atoms with Gasteiger partial charge in [-0.2, -0.15) is 0 Å². The molecular formula is C11H25NO2. The Kier molecular flexibility index (Phi) is 8.14. The van der Waals surface area contributed by atoms with Crippen molar-refractivity contribution in [2.24, 2.45) is 5.73 Å². The summed E-state index contributed by atoms with van der Waals surface area (Å²) in [6.07, 6.45) is 5.34. The highest BCUT2D eigenvalue weighted by Gasteiger charge is 2.21. The summed E-state index contributed by atoms with van der Waals surface area (Å²) in [6.45, 7) is 5.60. The highest BCUT2D eigenvalue weighted by molar-refractivity contribution is 4.76. The van der Waals surface area contributed by atoms with Gasteiger partial charge >= 0.3 is 0 Å². The molecule has 0 heterocycles. The van der Waals surface area contributed by atoms with Crippen LogP contribution >= 0.6 is 0 Å². The van der Waals surface area contributed by atoms with Gasteiger partial charge in [-0.05, 0) is 19.8 Å². The Balaban J connectivity index is 3.67. The smallest absolute Gasteiger partial charge is 0.0776 e. The molecule has 0 saturated heterocycles. The van der Waals surface area contributed by atoms with Crippen molar-refractivity contribution in [2.75, 3.05) is 19.8 Å². The summed E-state index contributed by atoms with van der Waals surface area (Å²) < 4.78 is 5.68. The maximum absolute atomic E-state index is 8.64. The molecule has 0 aliphatic rings. The molecule has 0 amide bonds. The van der Waals surface area contributed by atoms with E-state index in [-0.39, 0.29) is 12.2 Å². The Morgan fingerprint density at radius 2 is 2.00 bits per heavy atom. The van der Waals surface area contributed by atoms with Crippen molar-refractivity contribution >= 4 is 0 Å². The number of nitrogens with two attached hydrogens (primary N) is 1. The van der Waals surface area contributed by atoms with Crippen LogP contribution in [0.25, 0.3) is 0 Å². The number of aliphatic hydroxyl groups excluding tert-OH is 1. The van der Waals surface area contributed by atoms with Crippen LogP contribution in [0.2, 0.25) is 0 Å². The van der Waals surface area contributed by atoms with Gasteiger partial charge in [-0.25, -0.2) is 0 Å². The minimum atomic E-state index is -0.190. The van der Waals surface area contributed by atoms with Crippen molar-refractivity contribution in [3.63, 3.8) is 0 Å². The van der Waals surface area contributed by atoms with Crippen LogP contribution in [-0.2, 0) is 4.74 Å². The van der Waals surface area contributed by atoms with Crippen LogP contribution in [0.15, 0.2) is 0 Å². The van der Waals surface area contributed by atoms with E-state index in [0.29, 0.717) is 19.6 Å². The lowest BCUT2D eigenvalue weighted by Crippen LogP contribution is -2.38. The van der Waals surface area contributed by atoms with Crippen molar-refractivity contribution in [1.82, 2.24) is 0 Å². The van der Waals surface area contributed by atoms with E-state index in [1.807, 2.05) is 0 Å². The van der Waals surface area contributed by atoms with Gasteiger partial charge in [0.25, 0.3) is 0 Å². The zero-order valence-corrected chi connectivity index (χ0v) is 9.59. The SMILES string of the molecule is CCCCCC(C)(CN)OCCCO. The molecule has 0 radical (unpaired) electrons. The zero-order valence-electron chi connectivity index (χ0n) is 9.59. The van der Waals surface area contributed by atoms with Gasteiger partial charge in [0.15, 0.2) is 0 Å². The van der Waals surface area contributed by atoms with Crippen LogP contribution in [0.4, 0.5) is 0 Å². The summed E-state index contributed by atoms with van der Waals surface area (Å²) in [5, 5.41) is 8.64. The van der Waals surface area contributed by atoms with Gasteiger partial charge in [0.05, 0.1) is 5.60 Å². The third-order valence-electron chi connectivity index (χ3n) is 2.49. The Morgan fingerprint density at radius 3 is 2.50 bits per heavy atom. The molecule has 0 aliphatic carbocycles. The molecule has 0 aromatic heterocycles. The van der Waals surface area contributed by atoms with E-state index in [1.165, 1.54) is 19.3 Å². The first-order chi connectivity index (χ1) is 6.68. The van der Waals surface area contributed by atoms with Crippen LogP contribution in [-0.4, -0.2) is 30.5 Å². The van der Waals surface area contributed by atoms with E-state index in [0.717, 1.165) is 6.42 Å². The summed E-state index contributed by atoms with van der Waals surface area (Å²) >= 11 is 0. The maximum atomic E-state index is 8.64. The molecule has 0 bridgehead atoms. The molecule has 14 heavy (non-hydrogen) atoms. The molecular weight excluding hydrogens is 178 g/mol. The predicted octanol–water partition coefficient (Wildman–Crippen LogP) is 1.68. The van der Waals surface area contributed by atoms with Crippen LogP contribution < -0.4 is 5.73 Å². The zero-order chi connectivity index (χ0) is 10.9. The number of rotatable bonds is 9. The topological polar surface area (TPSA) is 55.5 Å². The Morgan fingerprint density at radius 1 is 1.29 bits per heavy atom. The minimum absolute atomic E-state index is 0.190. The Bertz CT molecular complexity index is 118. The van der Waals surface area contributed by atoms with Crippen LogP contribution in [0.5, 0.6) is 0 Å². The minimum Gasteiger partial charge on any atom is -0.396 e. The molecule has 1 atom stereocenters. The van der Waals surface area contributed by atoms with Crippen molar-refractivity contribution in [3.8, 4) is 0 Å². The highest BCUT2D eigenvalue weighted by Crippen LogP contribution is 2.18. The van der Waals surface area contributed by atoms with Gasteiger partial charge in [0.2, 0.25) is 0 Å². The van der Waals surface area contributed by atoms with Crippen LogP contribution in [0.1, 0.15) is 46.0 Å². The number of aliphatic hydroxyl groups is 1. The molecule has 0 saturated carbocycles. The monoisotopic (exact) mass is 203 g/mol. The summed E-state index contributed by atoms with van der Waals surface area (Å²) in [4.78, 5) is 0. The fourth-order valence-electron chi connectivity index (χ4n) is 1.37. The quantitative estimate of drug-likeness (QED) is 0.561. The van der Waals surface area contributed by atoms with Gasteiger partial charge in [-0.1, -0.05) is 26.2 Å². The molecule has 0 rings (SSSR count). The summed E-state index contributed by atoms with van der Waals surface area (Å²) in [5.74, 6) is 0. The van der Waals surface area contributed by atoms with Crippen LogP contribution in [0, 0.1) is 0 Å². The van der Waals surface area contributed by atoms with E-state index < -0.39 is 0 Å². The molecule has 3 nitrogen and oxygen atoms in total. The third-order valence-corrected chi connectivity index (χ3v) is 2.49. The molecule has 86 valence electrons. The van der Waals surface area contributed by atoms with Gasteiger partial charge in [0.1, 0.15) is 0 Å². The summed E-state index contributed by atoms with van der Waals surface area (Å²) in [6, 6.07) is 0. The van der Waals surface area contributed by atoms with Crippen molar-refractivity contribution < 1.29 is 9.84 Å². The van der Waals surface area contributed by atoms with E-state index >= 15 is 0 Å². The number of unbranched alkanes of at least 4 members (excludes halogenated alkanes) is 2. The fraction of sp³-hybridized carbons (Fsp3) is 1.00. The van der Waals surface area contributed by atoms with E-state index in [1.54, 1.807) is 0 Å². The number of hydrogen-bond donors (Lipinski definition) is 2.